The van der Waals surface area contributed by atoms with Gasteiger partial charge < -0.3 is 9.30 Å². The van der Waals surface area contributed by atoms with Gasteiger partial charge in [-0.25, -0.2) is 4.98 Å². The zero-order valence-electron chi connectivity index (χ0n) is 14.0. The third-order valence-electron chi connectivity index (χ3n) is 3.56. The van der Waals surface area contributed by atoms with Crippen molar-refractivity contribution < 1.29 is 32.3 Å². The number of thiophene rings is 1. The van der Waals surface area contributed by atoms with Gasteiger partial charge >= 0.3 is 12.1 Å². The molecule has 0 saturated heterocycles. The standard InChI is InChI=1S/C17H12F3N3O4S/c18-17(19,20)16-21-10-4-1-2-5-11(10)23(16)8-14(25)27-9-13(24)22-15(26)12-6-3-7-28-12/h1-7H,8-9H2,(H,22,24,26). The van der Waals surface area contributed by atoms with E-state index in [4.69, 9.17) is 4.74 Å². The Labute approximate surface area is 159 Å². The summed E-state index contributed by atoms with van der Waals surface area (Å²) in [5, 5.41) is 3.66. The number of imidazole rings is 1. The van der Waals surface area contributed by atoms with Gasteiger partial charge in [-0.1, -0.05) is 18.2 Å². The maximum Gasteiger partial charge on any atom is 0.449 e. The number of hydrogen-bond acceptors (Lipinski definition) is 6. The van der Waals surface area contributed by atoms with Crippen LogP contribution in [0.15, 0.2) is 41.8 Å². The van der Waals surface area contributed by atoms with E-state index in [1.807, 2.05) is 5.32 Å². The molecule has 0 bridgehead atoms. The van der Waals surface area contributed by atoms with Crippen molar-refractivity contribution in [1.29, 1.82) is 0 Å². The molecule has 0 fully saturated rings. The van der Waals surface area contributed by atoms with Crippen molar-refractivity contribution in [3.8, 4) is 0 Å². The van der Waals surface area contributed by atoms with Crippen molar-refractivity contribution in [2.75, 3.05) is 6.61 Å². The summed E-state index contributed by atoms with van der Waals surface area (Å²) in [6.45, 7) is -1.59. The maximum atomic E-state index is 13.2. The van der Waals surface area contributed by atoms with Crippen molar-refractivity contribution in [2.24, 2.45) is 0 Å². The first-order valence-electron chi connectivity index (χ1n) is 7.81. The van der Waals surface area contributed by atoms with Gasteiger partial charge in [-0.15, -0.1) is 11.3 Å². The van der Waals surface area contributed by atoms with Crippen LogP contribution in [0.25, 0.3) is 11.0 Å². The molecule has 28 heavy (non-hydrogen) atoms. The molecular weight excluding hydrogens is 399 g/mol. The smallest absolute Gasteiger partial charge is 0.449 e. The molecular formula is C17H12F3N3O4S. The monoisotopic (exact) mass is 411 g/mol. The Bertz CT molecular complexity index is 1030. The fourth-order valence-electron chi connectivity index (χ4n) is 2.40. The molecule has 0 aliphatic rings. The maximum absolute atomic E-state index is 13.2. The molecule has 1 aromatic carbocycles. The quantitative estimate of drug-likeness (QED) is 0.652. The minimum Gasteiger partial charge on any atom is -0.454 e. The molecule has 0 radical (unpaired) electrons. The number of nitrogens with zero attached hydrogens (tertiary/aromatic N) is 2. The number of carbonyl (C=O) groups excluding carboxylic acids is 3. The third-order valence-corrected chi connectivity index (χ3v) is 4.43. The number of hydrogen-bond donors (Lipinski definition) is 1. The van der Waals surface area contributed by atoms with Crippen LogP contribution in [-0.2, 0) is 27.0 Å². The third kappa shape index (κ3) is 4.36. The molecule has 146 valence electrons. The SMILES string of the molecule is O=C(COC(=O)Cn1c(C(F)(F)F)nc2ccccc21)NC(=O)c1cccs1. The van der Waals surface area contributed by atoms with Gasteiger partial charge in [0.25, 0.3) is 11.8 Å². The number of nitrogens with one attached hydrogen (secondary N) is 1. The number of ether oxygens (including phenoxy) is 1. The van der Waals surface area contributed by atoms with E-state index in [0.717, 1.165) is 11.3 Å². The molecule has 0 atom stereocenters. The minimum absolute atomic E-state index is 0.0712. The number of halogens is 3. The molecule has 0 aliphatic heterocycles. The second-order valence-corrected chi connectivity index (χ2v) is 6.47. The highest BCUT2D eigenvalue weighted by molar-refractivity contribution is 7.12. The zero-order chi connectivity index (χ0) is 20.3. The molecule has 2 aromatic heterocycles. The van der Waals surface area contributed by atoms with E-state index in [0.29, 0.717) is 9.44 Å². The van der Waals surface area contributed by atoms with E-state index in [2.05, 4.69) is 4.98 Å². The number of amides is 2. The molecule has 0 spiro atoms. The van der Waals surface area contributed by atoms with Gasteiger partial charge in [-0.05, 0) is 23.6 Å². The van der Waals surface area contributed by atoms with Crippen LogP contribution in [-0.4, -0.2) is 33.9 Å². The summed E-state index contributed by atoms with van der Waals surface area (Å²) in [6, 6.07) is 8.93. The first-order valence-corrected chi connectivity index (χ1v) is 8.69. The lowest BCUT2D eigenvalue weighted by Crippen LogP contribution is -2.34. The van der Waals surface area contributed by atoms with Gasteiger partial charge in [-0.3, -0.25) is 19.7 Å². The summed E-state index contributed by atoms with van der Waals surface area (Å²) in [5.41, 5.74) is 0.172. The first-order chi connectivity index (χ1) is 13.3. The van der Waals surface area contributed by atoms with Crippen LogP contribution in [0.5, 0.6) is 0 Å². The zero-order valence-corrected chi connectivity index (χ0v) is 14.8. The van der Waals surface area contributed by atoms with E-state index in [-0.39, 0.29) is 11.0 Å². The summed E-state index contributed by atoms with van der Waals surface area (Å²) < 4.78 is 44.9. The normalized spacial score (nSPS) is 11.4. The first kappa shape index (κ1) is 19.5. The molecule has 2 amide bonds. The molecule has 3 rings (SSSR count). The lowest BCUT2D eigenvalue weighted by molar-refractivity contribution is -0.153. The number of fused-ring (bicyclic) bond motifs is 1. The van der Waals surface area contributed by atoms with Crippen molar-refractivity contribution in [2.45, 2.75) is 12.7 Å². The summed E-state index contributed by atoms with van der Waals surface area (Å²) >= 11 is 1.12. The summed E-state index contributed by atoms with van der Waals surface area (Å²) in [5.74, 6) is -3.87. The lowest BCUT2D eigenvalue weighted by Gasteiger charge is -2.11. The molecule has 0 unspecified atom stereocenters. The topological polar surface area (TPSA) is 90.3 Å². The molecule has 2 heterocycles. The number of alkyl halides is 3. The van der Waals surface area contributed by atoms with Gasteiger partial charge in [-0.2, -0.15) is 13.2 Å². The van der Waals surface area contributed by atoms with Gasteiger partial charge in [0.2, 0.25) is 5.82 Å². The molecule has 0 saturated carbocycles. The summed E-state index contributed by atoms with van der Waals surface area (Å²) in [7, 11) is 0. The van der Waals surface area contributed by atoms with Gasteiger partial charge in [0, 0.05) is 0 Å². The second kappa shape index (κ2) is 7.80. The average molecular weight is 411 g/mol. The second-order valence-electron chi connectivity index (χ2n) is 5.52. The van der Waals surface area contributed by atoms with Crippen molar-refractivity contribution in [3.05, 3.63) is 52.5 Å². The highest BCUT2D eigenvalue weighted by Crippen LogP contribution is 2.31. The molecule has 0 aliphatic carbocycles. The fourth-order valence-corrected chi connectivity index (χ4v) is 3.02. The Hall–Kier alpha value is -3.21. The largest absolute Gasteiger partial charge is 0.454 e. The van der Waals surface area contributed by atoms with Crippen molar-refractivity contribution >= 4 is 40.2 Å². The summed E-state index contributed by atoms with van der Waals surface area (Å²) in [6.07, 6.45) is -4.77. The van der Waals surface area contributed by atoms with E-state index >= 15 is 0 Å². The Morgan fingerprint density at radius 1 is 1.14 bits per heavy atom. The van der Waals surface area contributed by atoms with Crippen molar-refractivity contribution in [1.82, 2.24) is 14.9 Å². The number of carbonyl (C=O) groups is 3. The Morgan fingerprint density at radius 3 is 2.57 bits per heavy atom. The van der Waals surface area contributed by atoms with E-state index in [1.54, 1.807) is 11.4 Å². The minimum atomic E-state index is -4.77. The number of benzene rings is 1. The lowest BCUT2D eigenvalue weighted by atomic mass is 10.3. The van der Waals surface area contributed by atoms with E-state index in [1.165, 1.54) is 30.3 Å². The Kier molecular flexibility index (Phi) is 5.45. The number of para-hydroxylation sites is 2. The Morgan fingerprint density at radius 2 is 1.89 bits per heavy atom. The van der Waals surface area contributed by atoms with Gasteiger partial charge in [0.05, 0.1) is 15.9 Å². The van der Waals surface area contributed by atoms with E-state index < -0.39 is 42.9 Å². The van der Waals surface area contributed by atoms with Crippen LogP contribution in [0.2, 0.25) is 0 Å². The number of rotatable bonds is 5. The predicted octanol–water partition coefficient (Wildman–Crippen LogP) is 2.62. The predicted molar refractivity (Wildman–Crippen MR) is 92.5 cm³/mol. The van der Waals surface area contributed by atoms with Crippen LogP contribution in [0.3, 0.4) is 0 Å². The molecule has 3 aromatic rings. The number of esters is 1. The van der Waals surface area contributed by atoms with Crippen LogP contribution >= 0.6 is 11.3 Å². The molecule has 11 heteroatoms. The van der Waals surface area contributed by atoms with Crippen LogP contribution < -0.4 is 5.32 Å². The van der Waals surface area contributed by atoms with Crippen molar-refractivity contribution in [3.63, 3.8) is 0 Å². The van der Waals surface area contributed by atoms with Gasteiger partial charge in [0.1, 0.15) is 6.54 Å². The van der Waals surface area contributed by atoms with Crippen LogP contribution in [0.4, 0.5) is 13.2 Å². The fraction of sp³-hybridized carbons (Fsp3) is 0.176. The molecule has 7 nitrogen and oxygen atoms in total. The molecule has 1 N–H and O–H groups in total. The van der Waals surface area contributed by atoms with E-state index in [9.17, 15) is 27.6 Å². The van der Waals surface area contributed by atoms with Gasteiger partial charge in [0.15, 0.2) is 6.61 Å². The number of aromatic nitrogens is 2. The number of imide groups is 1. The van der Waals surface area contributed by atoms with Crippen LogP contribution in [0.1, 0.15) is 15.5 Å². The average Bonchev–Trinajstić information content (AvgIpc) is 3.28. The van der Waals surface area contributed by atoms with Crippen LogP contribution in [0, 0.1) is 0 Å². The highest BCUT2D eigenvalue weighted by atomic mass is 32.1. The highest BCUT2D eigenvalue weighted by Gasteiger charge is 2.38. The Balaban J connectivity index is 1.65. The summed E-state index contributed by atoms with van der Waals surface area (Å²) in [4.78, 5) is 39.2.